The van der Waals surface area contributed by atoms with Gasteiger partial charge in [-0.25, -0.2) is 8.78 Å². The molecule has 2 nitrogen and oxygen atoms in total. The van der Waals surface area contributed by atoms with Crippen LogP contribution in [-0.2, 0) is 6.42 Å². The molecule has 0 aliphatic rings. The largest absolute Gasteiger partial charge is 0.456 e. The third-order valence-electron chi connectivity index (χ3n) is 4.30. The van der Waals surface area contributed by atoms with Crippen LogP contribution in [0.5, 0.6) is 0 Å². The van der Waals surface area contributed by atoms with Crippen molar-refractivity contribution in [3.63, 3.8) is 0 Å². The number of hydrogen-bond acceptors (Lipinski definition) is 2. The first-order valence-electron chi connectivity index (χ1n) is 8.14. The van der Waals surface area contributed by atoms with E-state index in [4.69, 9.17) is 4.42 Å². The van der Waals surface area contributed by atoms with Crippen molar-refractivity contribution in [1.29, 1.82) is 0 Å². The van der Waals surface area contributed by atoms with Crippen LogP contribution in [0.2, 0.25) is 0 Å². The number of furan rings is 1. The second-order valence-electron chi connectivity index (χ2n) is 6.14. The van der Waals surface area contributed by atoms with E-state index in [-0.39, 0.29) is 11.4 Å². The minimum Gasteiger partial charge on any atom is -0.456 e. The second-order valence-corrected chi connectivity index (χ2v) is 6.14. The Morgan fingerprint density at radius 1 is 0.846 bits per heavy atom. The highest BCUT2D eigenvalue weighted by Gasteiger charge is 2.12. The van der Waals surface area contributed by atoms with Gasteiger partial charge in [-0.05, 0) is 60.0 Å². The van der Waals surface area contributed by atoms with Crippen molar-refractivity contribution >= 4 is 17.3 Å². The van der Waals surface area contributed by atoms with Crippen LogP contribution in [-0.4, -0.2) is 6.29 Å². The maximum absolute atomic E-state index is 14.2. The summed E-state index contributed by atoms with van der Waals surface area (Å²) in [5, 5.41) is 0.860. The third-order valence-corrected chi connectivity index (χ3v) is 4.30. The first-order chi connectivity index (χ1) is 12.6. The van der Waals surface area contributed by atoms with Gasteiger partial charge in [-0.15, -0.1) is 0 Å². The number of hydrogen-bond donors (Lipinski definition) is 0. The summed E-state index contributed by atoms with van der Waals surface area (Å²) in [6, 6.07) is 18.2. The average Bonchev–Trinajstić information content (AvgIpc) is 3.06. The summed E-state index contributed by atoms with van der Waals surface area (Å²) in [7, 11) is 0. The van der Waals surface area contributed by atoms with Crippen LogP contribution in [0.3, 0.4) is 0 Å². The van der Waals surface area contributed by atoms with Gasteiger partial charge in [0.05, 0.1) is 5.56 Å². The smallest absolute Gasteiger partial charge is 0.150 e. The zero-order chi connectivity index (χ0) is 18.1. The Bertz CT molecular complexity index is 1100. The van der Waals surface area contributed by atoms with Gasteiger partial charge in [-0.1, -0.05) is 24.3 Å². The Morgan fingerprint density at radius 2 is 1.62 bits per heavy atom. The molecule has 0 radical (unpaired) electrons. The quantitative estimate of drug-likeness (QED) is 0.438. The van der Waals surface area contributed by atoms with Crippen molar-refractivity contribution in [2.75, 3.05) is 0 Å². The number of benzene rings is 3. The van der Waals surface area contributed by atoms with Gasteiger partial charge in [-0.3, -0.25) is 4.79 Å². The van der Waals surface area contributed by atoms with Crippen molar-refractivity contribution in [3.05, 3.63) is 95.1 Å². The minimum absolute atomic E-state index is 0.258. The number of halogens is 2. The van der Waals surface area contributed by atoms with Gasteiger partial charge in [-0.2, -0.15) is 0 Å². The molecule has 0 saturated heterocycles. The number of carbonyl (C=O) groups excluding carboxylic acids is 1. The molecule has 0 amide bonds. The average molecular weight is 348 g/mol. The lowest BCUT2D eigenvalue weighted by atomic mass is 10.0. The molecule has 0 fully saturated rings. The molecule has 3 aromatic carbocycles. The van der Waals surface area contributed by atoms with Crippen molar-refractivity contribution in [2.24, 2.45) is 0 Å². The Balaban J connectivity index is 1.67. The zero-order valence-electron chi connectivity index (χ0n) is 13.7. The second kappa shape index (κ2) is 6.56. The van der Waals surface area contributed by atoms with Crippen LogP contribution in [0.25, 0.3) is 22.3 Å². The van der Waals surface area contributed by atoms with E-state index < -0.39 is 5.82 Å². The zero-order valence-corrected chi connectivity index (χ0v) is 13.7. The summed E-state index contributed by atoms with van der Waals surface area (Å²) < 4.78 is 33.0. The Morgan fingerprint density at radius 3 is 2.35 bits per heavy atom. The molecule has 128 valence electrons. The topological polar surface area (TPSA) is 30.2 Å². The highest BCUT2D eigenvalue weighted by Crippen LogP contribution is 2.30. The van der Waals surface area contributed by atoms with E-state index in [1.54, 1.807) is 24.3 Å². The molecule has 0 saturated carbocycles. The predicted molar refractivity (Wildman–Crippen MR) is 96.2 cm³/mol. The molecule has 4 heteroatoms. The maximum atomic E-state index is 14.2. The minimum atomic E-state index is -0.500. The normalized spacial score (nSPS) is 11.0. The highest BCUT2D eigenvalue weighted by molar-refractivity contribution is 5.84. The summed E-state index contributed by atoms with van der Waals surface area (Å²) >= 11 is 0. The van der Waals surface area contributed by atoms with Crippen LogP contribution < -0.4 is 0 Å². The monoisotopic (exact) mass is 348 g/mol. The van der Waals surface area contributed by atoms with E-state index in [1.807, 2.05) is 18.2 Å². The van der Waals surface area contributed by atoms with Gasteiger partial charge in [0.15, 0.2) is 0 Å². The molecule has 0 spiro atoms. The first-order valence-corrected chi connectivity index (χ1v) is 8.14. The van der Waals surface area contributed by atoms with Crippen LogP contribution in [0, 0.1) is 11.6 Å². The van der Waals surface area contributed by atoms with E-state index in [9.17, 15) is 13.6 Å². The molecule has 0 N–H and O–H groups in total. The van der Waals surface area contributed by atoms with Gasteiger partial charge in [0.25, 0.3) is 0 Å². The standard InChI is InChI=1S/C22H14F2O2/c23-18-5-1-14(2-6-18)9-15-4-8-21-17(10-15)12-22(26-21)19-7-3-16(13-25)11-20(19)24/h1-8,10-13H,9H2. The Hall–Kier alpha value is -3.27. The third kappa shape index (κ3) is 3.14. The lowest BCUT2D eigenvalue weighted by Crippen LogP contribution is -1.87. The summed E-state index contributed by atoms with van der Waals surface area (Å²) in [6.45, 7) is 0. The van der Waals surface area contributed by atoms with Gasteiger partial charge in [0, 0.05) is 10.9 Å². The molecule has 0 bridgehead atoms. The number of fused-ring (bicyclic) bond motifs is 1. The molecular formula is C22H14F2O2. The van der Waals surface area contributed by atoms with E-state index >= 15 is 0 Å². The Kier molecular flexibility index (Phi) is 4.09. The molecule has 26 heavy (non-hydrogen) atoms. The lowest BCUT2D eigenvalue weighted by molar-refractivity contribution is 0.112. The van der Waals surface area contributed by atoms with Crippen LogP contribution in [0.4, 0.5) is 8.78 Å². The molecule has 4 aromatic rings. The van der Waals surface area contributed by atoms with E-state index in [0.717, 1.165) is 16.5 Å². The maximum Gasteiger partial charge on any atom is 0.150 e. The van der Waals surface area contributed by atoms with E-state index in [0.29, 0.717) is 29.6 Å². The van der Waals surface area contributed by atoms with Gasteiger partial charge in [0.1, 0.15) is 29.3 Å². The van der Waals surface area contributed by atoms with Crippen molar-refractivity contribution in [2.45, 2.75) is 6.42 Å². The summed E-state index contributed by atoms with van der Waals surface area (Å²) in [6.07, 6.45) is 1.27. The van der Waals surface area contributed by atoms with Crippen molar-refractivity contribution in [3.8, 4) is 11.3 Å². The first kappa shape index (κ1) is 16.2. The van der Waals surface area contributed by atoms with Gasteiger partial charge < -0.3 is 4.42 Å². The fourth-order valence-corrected chi connectivity index (χ4v) is 2.98. The summed E-state index contributed by atoms with van der Waals surface area (Å²) in [5.74, 6) is -0.347. The highest BCUT2D eigenvalue weighted by atomic mass is 19.1. The molecule has 0 unspecified atom stereocenters. The number of aldehydes is 1. The van der Waals surface area contributed by atoms with Gasteiger partial charge in [0.2, 0.25) is 0 Å². The SMILES string of the molecule is O=Cc1ccc(-c2cc3cc(Cc4ccc(F)cc4)ccc3o2)c(F)c1. The fourth-order valence-electron chi connectivity index (χ4n) is 2.98. The molecule has 1 heterocycles. The molecule has 1 aromatic heterocycles. The number of rotatable bonds is 4. The molecular weight excluding hydrogens is 334 g/mol. The molecule has 0 aliphatic heterocycles. The summed E-state index contributed by atoms with van der Waals surface area (Å²) in [5.41, 5.74) is 3.30. The summed E-state index contributed by atoms with van der Waals surface area (Å²) in [4.78, 5) is 10.7. The fraction of sp³-hybridized carbons (Fsp3) is 0.0455. The van der Waals surface area contributed by atoms with Crippen molar-refractivity contribution < 1.29 is 18.0 Å². The van der Waals surface area contributed by atoms with E-state index in [1.165, 1.54) is 24.3 Å². The molecule has 4 rings (SSSR count). The van der Waals surface area contributed by atoms with Crippen LogP contribution in [0.1, 0.15) is 21.5 Å². The Labute approximate surface area is 148 Å². The lowest BCUT2D eigenvalue weighted by Gasteiger charge is -2.02. The van der Waals surface area contributed by atoms with Gasteiger partial charge >= 0.3 is 0 Å². The predicted octanol–water partition coefficient (Wildman–Crippen LogP) is 5.78. The number of carbonyl (C=O) groups is 1. The van der Waals surface area contributed by atoms with Crippen LogP contribution >= 0.6 is 0 Å². The van der Waals surface area contributed by atoms with E-state index in [2.05, 4.69) is 0 Å². The molecule has 0 atom stereocenters. The van der Waals surface area contributed by atoms with Crippen LogP contribution in [0.15, 0.2) is 71.1 Å². The molecule has 0 aliphatic carbocycles. The van der Waals surface area contributed by atoms with Crippen molar-refractivity contribution in [1.82, 2.24) is 0 Å².